The number of nitrogens with zero attached hydrogens (tertiary/aromatic N) is 6. The molecule has 1 unspecified atom stereocenters. The van der Waals surface area contributed by atoms with Crippen LogP contribution in [0.1, 0.15) is 23.0 Å². The molecule has 0 radical (unpaired) electrons. The lowest BCUT2D eigenvalue weighted by molar-refractivity contribution is 0.0642. The van der Waals surface area contributed by atoms with E-state index >= 15 is 0 Å². The number of piperazine rings is 1. The second-order valence-electron chi connectivity index (χ2n) is 8.08. The zero-order chi connectivity index (χ0) is 23.9. The molecule has 34 heavy (non-hydrogen) atoms. The number of amides is 1. The standard InChI is InChI=1S/C22H22ClN7O3S/c1-15-13-28(22(31)16-5-3-2-4-6-16)9-10-30(15)34(32,33)19-12-25-20-18(19)7-8-24-21(20)29-14-17(11-23)26-27-29/h2-8,12,14-15,25H,9-11,13H2,1H3. The number of alkyl halides is 1. The number of hydrogen-bond acceptors (Lipinski definition) is 6. The van der Waals surface area contributed by atoms with Crippen LogP contribution in [0.5, 0.6) is 0 Å². The molecule has 0 spiro atoms. The van der Waals surface area contributed by atoms with E-state index in [-0.39, 0.29) is 29.3 Å². The van der Waals surface area contributed by atoms with Crippen molar-refractivity contribution in [1.29, 1.82) is 0 Å². The van der Waals surface area contributed by atoms with Gasteiger partial charge >= 0.3 is 0 Å². The van der Waals surface area contributed by atoms with Crippen LogP contribution in [0.25, 0.3) is 16.7 Å². The molecule has 4 heterocycles. The number of aromatic nitrogens is 5. The topological polar surface area (TPSA) is 117 Å². The highest BCUT2D eigenvalue weighted by Crippen LogP contribution is 2.30. The third-order valence-corrected chi connectivity index (χ3v) is 8.23. The van der Waals surface area contributed by atoms with Gasteiger partial charge in [0, 0.05) is 49.0 Å². The lowest BCUT2D eigenvalue weighted by Gasteiger charge is -2.38. The predicted molar refractivity (Wildman–Crippen MR) is 126 cm³/mol. The molecule has 4 aromatic rings. The zero-order valence-electron chi connectivity index (χ0n) is 18.3. The number of carbonyl (C=O) groups is 1. The van der Waals surface area contributed by atoms with Gasteiger partial charge in [-0.25, -0.2) is 13.4 Å². The van der Waals surface area contributed by atoms with Crippen molar-refractivity contribution in [3.8, 4) is 5.82 Å². The van der Waals surface area contributed by atoms with Gasteiger partial charge < -0.3 is 9.88 Å². The van der Waals surface area contributed by atoms with Gasteiger partial charge in [0.25, 0.3) is 5.91 Å². The maximum absolute atomic E-state index is 13.6. The van der Waals surface area contributed by atoms with Crippen LogP contribution in [0.4, 0.5) is 0 Å². The number of pyridine rings is 1. The summed E-state index contributed by atoms with van der Waals surface area (Å²) in [6, 6.07) is 10.3. The lowest BCUT2D eigenvalue weighted by atomic mass is 10.1. The maximum Gasteiger partial charge on any atom is 0.253 e. The van der Waals surface area contributed by atoms with Gasteiger partial charge in [-0.15, -0.1) is 16.7 Å². The Morgan fingerprint density at radius 2 is 2.00 bits per heavy atom. The summed E-state index contributed by atoms with van der Waals surface area (Å²) in [5.74, 6) is 0.530. The number of halogens is 1. The van der Waals surface area contributed by atoms with E-state index in [4.69, 9.17) is 11.6 Å². The molecule has 176 valence electrons. The number of hydrogen-bond donors (Lipinski definition) is 1. The van der Waals surface area contributed by atoms with Crippen molar-refractivity contribution in [2.45, 2.75) is 23.7 Å². The quantitative estimate of drug-likeness (QED) is 0.421. The molecule has 1 amide bonds. The maximum atomic E-state index is 13.6. The Hall–Kier alpha value is -3.28. The number of nitrogens with one attached hydrogen (secondary N) is 1. The fraction of sp³-hybridized carbons (Fsp3) is 0.273. The summed E-state index contributed by atoms with van der Waals surface area (Å²) in [5, 5.41) is 8.50. The van der Waals surface area contributed by atoms with Crippen LogP contribution < -0.4 is 0 Å². The number of benzene rings is 1. The molecule has 3 aromatic heterocycles. The van der Waals surface area contributed by atoms with Crippen molar-refractivity contribution in [2.75, 3.05) is 19.6 Å². The van der Waals surface area contributed by atoms with Crippen LogP contribution in [0, 0.1) is 0 Å². The van der Waals surface area contributed by atoms with E-state index in [1.54, 1.807) is 29.3 Å². The van der Waals surface area contributed by atoms with Crippen LogP contribution >= 0.6 is 11.6 Å². The van der Waals surface area contributed by atoms with Crippen molar-refractivity contribution in [1.82, 2.24) is 34.2 Å². The largest absolute Gasteiger partial charge is 0.357 e. The number of aromatic amines is 1. The summed E-state index contributed by atoms with van der Waals surface area (Å²) in [4.78, 5) is 22.0. The van der Waals surface area contributed by atoms with Crippen LogP contribution in [0.15, 0.2) is 59.9 Å². The summed E-state index contributed by atoms with van der Waals surface area (Å²) < 4.78 is 30.2. The fourth-order valence-corrected chi connectivity index (χ4v) is 6.13. The third-order valence-electron chi connectivity index (χ3n) is 5.90. The molecule has 5 rings (SSSR count). The van der Waals surface area contributed by atoms with E-state index in [1.165, 1.54) is 21.4 Å². The molecule has 0 saturated carbocycles. The summed E-state index contributed by atoms with van der Waals surface area (Å²) in [5.41, 5.74) is 1.70. The zero-order valence-corrected chi connectivity index (χ0v) is 19.9. The minimum atomic E-state index is -3.84. The number of fused-ring (bicyclic) bond motifs is 1. The van der Waals surface area contributed by atoms with Gasteiger partial charge in [0.05, 0.1) is 23.3 Å². The minimum absolute atomic E-state index is 0.101. The first-order chi connectivity index (χ1) is 16.4. The molecule has 10 nitrogen and oxygen atoms in total. The van der Waals surface area contributed by atoms with Gasteiger partial charge in [-0.05, 0) is 25.1 Å². The van der Waals surface area contributed by atoms with Crippen molar-refractivity contribution < 1.29 is 13.2 Å². The lowest BCUT2D eigenvalue weighted by Crippen LogP contribution is -2.55. The molecule has 1 fully saturated rings. The van der Waals surface area contributed by atoms with Crippen LogP contribution in [0.2, 0.25) is 0 Å². The van der Waals surface area contributed by atoms with E-state index in [1.807, 2.05) is 25.1 Å². The monoisotopic (exact) mass is 499 g/mol. The van der Waals surface area contributed by atoms with Crippen molar-refractivity contribution in [3.63, 3.8) is 0 Å². The van der Waals surface area contributed by atoms with Crippen LogP contribution in [0.3, 0.4) is 0 Å². The number of carbonyl (C=O) groups excluding carboxylic acids is 1. The average Bonchev–Trinajstić information content (AvgIpc) is 3.51. The van der Waals surface area contributed by atoms with Crippen molar-refractivity contribution >= 4 is 38.4 Å². The molecule has 12 heteroatoms. The van der Waals surface area contributed by atoms with Crippen LogP contribution in [-0.2, 0) is 15.9 Å². The second kappa shape index (κ2) is 8.82. The molecular weight excluding hydrogens is 478 g/mol. The molecular formula is C22H22ClN7O3S. The highest BCUT2D eigenvalue weighted by Gasteiger charge is 2.36. The Labute approximate surface area is 201 Å². The highest BCUT2D eigenvalue weighted by atomic mass is 35.5. The van der Waals surface area contributed by atoms with E-state index < -0.39 is 10.0 Å². The molecule has 1 saturated heterocycles. The molecule has 1 N–H and O–H groups in total. The van der Waals surface area contributed by atoms with Gasteiger partial charge in [-0.3, -0.25) is 4.79 Å². The Bertz CT molecular complexity index is 1450. The first kappa shape index (κ1) is 22.5. The Kier molecular flexibility index (Phi) is 5.84. The Morgan fingerprint density at radius 1 is 1.21 bits per heavy atom. The molecule has 0 bridgehead atoms. The average molecular weight is 500 g/mol. The van der Waals surface area contributed by atoms with E-state index in [2.05, 4.69) is 20.3 Å². The van der Waals surface area contributed by atoms with Crippen LogP contribution in [-0.4, -0.2) is 74.2 Å². The predicted octanol–water partition coefficient (Wildman–Crippen LogP) is 2.42. The van der Waals surface area contributed by atoms with Gasteiger partial charge in [0.1, 0.15) is 4.90 Å². The smallest absolute Gasteiger partial charge is 0.253 e. The van der Waals surface area contributed by atoms with Gasteiger partial charge in [0.2, 0.25) is 10.0 Å². The first-order valence-corrected chi connectivity index (χ1v) is 12.7. The summed E-state index contributed by atoms with van der Waals surface area (Å²) in [7, 11) is -3.84. The summed E-state index contributed by atoms with van der Waals surface area (Å²) in [6.07, 6.45) is 4.65. The summed E-state index contributed by atoms with van der Waals surface area (Å²) in [6.45, 7) is 2.64. The normalized spacial score (nSPS) is 17.4. The van der Waals surface area contributed by atoms with Gasteiger partial charge in [0.15, 0.2) is 5.82 Å². The fourth-order valence-electron chi connectivity index (χ4n) is 4.24. The third kappa shape index (κ3) is 3.85. The van der Waals surface area contributed by atoms with E-state index in [9.17, 15) is 13.2 Å². The van der Waals surface area contributed by atoms with Crippen molar-refractivity contribution in [3.05, 3.63) is 66.2 Å². The molecule has 1 aliphatic heterocycles. The minimum Gasteiger partial charge on any atom is -0.357 e. The van der Waals surface area contributed by atoms with Crippen molar-refractivity contribution in [2.24, 2.45) is 0 Å². The number of sulfonamides is 1. The van der Waals surface area contributed by atoms with Gasteiger partial charge in [-0.2, -0.15) is 8.99 Å². The molecule has 1 atom stereocenters. The summed E-state index contributed by atoms with van der Waals surface area (Å²) >= 11 is 5.82. The number of H-pyrrole nitrogens is 1. The molecule has 1 aliphatic rings. The van der Waals surface area contributed by atoms with Gasteiger partial charge in [-0.1, -0.05) is 23.4 Å². The molecule has 0 aliphatic carbocycles. The first-order valence-electron chi connectivity index (χ1n) is 10.7. The molecule has 1 aromatic carbocycles. The Morgan fingerprint density at radius 3 is 2.71 bits per heavy atom. The number of rotatable bonds is 5. The second-order valence-corrected chi connectivity index (χ2v) is 10.2. The SMILES string of the molecule is CC1CN(C(=O)c2ccccc2)CCN1S(=O)(=O)c1c[nH]c2c(-n3cc(CCl)nn3)nccc12. The Balaban J connectivity index is 1.42. The highest BCUT2D eigenvalue weighted by molar-refractivity contribution is 7.89. The van der Waals surface area contributed by atoms with E-state index in [0.717, 1.165) is 0 Å². The van der Waals surface area contributed by atoms with E-state index in [0.29, 0.717) is 41.1 Å².